The standard InChI is InChI=1S/C27H27ClN2O3/c1-3-7-20-10-15-25(26(18-20)31-2)33-19-27-29-23-8-4-5-9-24(23)30(27)16-6-17-32-22-13-11-21(28)12-14-22/h3-5,7-15,18H,6,16-17,19H2,1-2H3/b7-3-. The van der Waals surface area contributed by atoms with Gasteiger partial charge in [0.1, 0.15) is 18.2 Å². The van der Waals surface area contributed by atoms with Crippen molar-refractivity contribution in [3.8, 4) is 17.2 Å². The molecule has 0 aliphatic carbocycles. The van der Waals surface area contributed by atoms with Gasteiger partial charge in [-0.1, -0.05) is 42.0 Å². The highest BCUT2D eigenvalue weighted by atomic mass is 35.5. The first-order valence-corrected chi connectivity index (χ1v) is 11.3. The average molecular weight is 463 g/mol. The Morgan fingerprint density at radius 3 is 2.58 bits per heavy atom. The van der Waals surface area contributed by atoms with Crippen molar-refractivity contribution in [3.63, 3.8) is 0 Å². The Bertz CT molecular complexity index is 1230. The van der Waals surface area contributed by atoms with Gasteiger partial charge in [0.05, 0.1) is 24.8 Å². The minimum atomic E-state index is 0.339. The van der Waals surface area contributed by atoms with Crippen molar-refractivity contribution in [1.82, 2.24) is 9.55 Å². The number of nitrogens with zero attached hydrogens (tertiary/aromatic N) is 2. The molecule has 0 N–H and O–H groups in total. The molecule has 1 aromatic heterocycles. The Morgan fingerprint density at radius 1 is 0.970 bits per heavy atom. The van der Waals surface area contributed by atoms with Gasteiger partial charge in [0.2, 0.25) is 0 Å². The van der Waals surface area contributed by atoms with E-state index < -0.39 is 0 Å². The lowest BCUT2D eigenvalue weighted by Gasteiger charge is -2.13. The zero-order valence-electron chi connectivity index (χ0n) is 18.8. The van der Waals surface area contributed by atoms with E-state index in [1.165, 1.54) is 0 Å². The molecule has 0 aliphatic heterocycles. The van der Waals surface area contributed by atoms with E-state index in [2.05, 4.69) is 10.6 Å². The van der Waals surface area contributed by atoms with Crippen molar-refractivity contribution in [2.75, 3.05) is 13.7 Å². The number of allylic oxidation sites excluding steroid dienone is 1. The van der Waals surface area contributed by atoms with Gasteiger partial charge in [0.25, 0.3) is 0 Å². The molecule has 0 bridgehead atoms. The number of halogens is 1. The molecule has 0 saturated heterocycles. The normalized spacial score (nSPS) is 11.2. The van der Waals surface area contributed by atoms with Crippen molar-refractivity contribution in [3.05, 3.63) is 89.2 Å². The number of rotatable bonds is 10. The monoisotopic (exact) mass is 462 g/mol. The molecular weight excluding hydrogens is 436 g/mol. The Kier molecular flexibility index (Phi) is 7.53. The lowest BCUT2D eigenvalue weighted by molar-refractivity contribution is 0.267. The molecule has 3 aromatic carbocycles. The molecule has 170 valence electrons. The highest BCUT2D eigenvalue weighted by Crippen LogP contribution is 2.29. The Labute approximate surface area is 199 Å². The topological polar surface area (TPSA) is 45.5 Å². The number of ether oxygens (including phenoxy) is 3. The van der Waals surface area contributed by atoms with Crippen LogP contribution in [0.15, 0.2) is 72.8 Å². The van der Waals surface area contributed by atoms with E-state index in [1.807, 2.05) is 79.7 Å². The summed E-state index contributed by atoms with van der Waals surface area (Å²) in [7, 11) is 1.65. The second-order valence-electron chi connectivity index (χ2n) is 7.52. The van der Waals surface area contributed by atoms with E-state index in [0.717, 1.165) is 41.1 Å². The molecule has 5 nitrogen and oxygen atoms in total. The van der Waals surface area contributed by atoms with Crippen LogP contribution < -0.4 is 14.2 Å². The van der Waals surface area contributed by atoms with Gasteiger partial charge in [-0.25, -0.2) is 4.98 Å². The van der Waals surface area contributed by atoms with Gasteiger partial charge >= 0.3 is 0 Å². The molecule has 0 saturated carbocycles. The first kappa shape index (κ1) is 22.7. The van der Waals surface area contributed by atoms with Gasteiger partial charge in [-0.15, -0.1) is 0 Å². The zero-order chi connectivity index (χ0) is 23.0. The summed E-state index contributed by atoms with van der Waals surface area (Å²) >= 11 is 5.94. The molecule has 0 radical (unpaired) electrons. The summed E-state index contributed by atoms with van der Waals surface area (Å²) in [6.07, 6.45) is 4.85. The maximum atomic E-state index is 6.13. The second kappa shape index (κ2) is 10.9. The number of hydrogen-bond donors (Lipinski definition) is 0. The van der Waals surface area contributed by atoms with Crippen LogP contribution >= 0.6 is 11.6 Å². The molecular formula is C27H27ClN2O3. The van der Waals surface area contributed by atoms with Crippen molar-refractivity contribution < 1.29 is 14.2 Å². The van der Waals surface area contributed by atoms with E-state index in [-0.39, 0.29) is 0 Å². The highest BCUT2D eigenvalue weighted by Gasteiger charge is 2.13. The molecule has 1 heterocycles. The molecule has 0 amide bonds. The third-order valence-electron chi connectivity index (χ3n) is 5.25. The van der Waals surface area contributed by atoms with E-state index >= 15 is 0 Å². The first-order valence-electron chi connectivity index (χ1n) is 10.9. The molecule has 0 fully saturated rings. The molecule has 0 atom stereocenters. The lowest BCUT2D eigenvalue weighted by atomic mass is 10.2. The zero-order valence-corrected chi connectivity index (χ0v) is 19.6. The van der Waals surface area contributed by atoms with Crippen molar-refractivity contribution in [1.29, 1.82) is 0 Å². The minimum Gasteiger partial charge on any atom is -0.494 e. The first-order chi connectivity index (χ1) is 16.2. The molecule has 33 heavy (non-hydrogen) atoms. The van der Waals surface area contributed by atoms with Crippen LogP contribution in [0.1, 0.15) is 24.7 Å². The SMILES string of the molecule is C/C=C\c1ccc(OCc2nc3ccccc3n2CCCOc2ccc(Cl)cc2)c(OC)c1. The van der Waals surface area contributed by atoms with Crippen LogP contribution in [0, 0.1) is 0 Å². The summed E-state index contributed by atoms with van der Waals surface area (Å²) in [6.45, 7) is 3.69. The Balaban J connectivity index is 1.46. The highest BCUT2D eigenvalue weighted by molar-refractivity contribution is 6.30. The number of benzene rings is 3. The van der Waals surface area contributed by atoms with Crippen LogP contribution in [0.2, 0.25) is 5.02 Å². The van der Waals surface area contributed by atoms with Crippen molar-refractivity contribution in [2.24, 2.45) is 0 Å². The Morgan fingerprint density at radius 2 is 1.79 bits per heavy atom. The number of fused-ring (bicyclic) bond motifs is 1. The molecule has 0 unspecified atom stereocenters. The van der Waals surface area contributed by atoms with Gasteiger partial charge < -0.3 is 18.8 Å². The van der Waals surface area contributed by atoms with Crippen LogP contribution in [0.25, 0.3) is 17.1 Å². The molecule has 0 aliphatic rings. The van der Waals surface area contributed by atoms with Gasteiger partial charge in [-0.2, -0.15) is 0 Å². The molecule has 0 spiro atoms. The quantitative estimate of drug-likeness (QED) is 0.244. The lowest BCUT2D eigenvalue weighted by Crippen LogP contribution is -2.10. The minimum absolute atomic E-state index is 0.339. The third-order valence-corrected chi connectivity index (χ3v) is 5.50. The number of aryl methyl sites for hydroxylation is 1. The van der Waals surface area contributed by atoms with Crippen molar-refractivity contribution in [2.45, 2.75) is 26.5 Å². The van der Waals surface area contributed by atoms with Crippen LogP contribution in [0.4, 0.5) is 0 Å². The molecule has 4 aromatic rings. The smallest absolute Gasteiger partial charge is 0.161 e. The van der Waals surface area contributed by atoms with Gasteiger partial charge in [0, 0.05) is 11.6 Å². The van der Waals surface area contributed by atoms with Crippen molar-refractivity contribution >= 4 is 28.7 Å². The largest absolute Gasteiger partial charge is 0.494 e. The van der Waals surface area contributed by atoms with E-state index in [1.54, 1.807) is 7.11 Å². The summed E-state index contributed by atoms with van der Waals surface area (Å²) in [5.41, 5.74) is 3.10. The summed E-state index contributed by atoms with van der Waals surface area (Å²) in [5.74, 6) is 3.06. The predicted octanol–water partition coefficient (Wildman–Crippen LogP) is 6.78. The maximum Gasteiger partial charge on any atom is 0.161 e. The van der Waals surface area contributed by atoms with E-state index in [4.69, 9.17) is 30.8 Å². The fourth-order valence-corrected chi connectivity index (χ4v) is 3.80. The number of hydrogen-bond acceptors (Lipinski definition) is 4. The van der Waals surface area contributed by atoms with Crippen LogP contribution in [0.3, 0.4) is 0 Å². The number of methoxy groups -OCH3 is 1. The van der Waals surface area contributed by atoms with Crippen LogP contribution in [0.5, 0.6) is 17.2 Å². The molecule has 6 heteroatoms. The second-order valence-corrected chi connectivity index (χ2v) is 7.96. The summed E-state index contributed by atoms with van der Waals surface area (Å²) in [6, 6.07) is 21.4. The molecule has 4 rings (SSSR count). The number of imidazole rings is 1. The van der Waals surface area contributed by atoms with Crippen LogP contribution in [-0.4, -0.2) is 23.3 Å². The van der Waals surface area contributed by atoms with Gasteiger partial charge in [-0.3, -0.25) is 0 Å². The fourth-order valence-electron chi connectivity index (χ4n) is 3.67. The summed E-state index contributed by atoms with van der Waals surface area (Å²) in [4.78, 5) is 4.81. The third kappa shape index (κ3) is 5.68. The van der Waals surface area contributed by atoms with Gasteiger partial charge in [-0.05, 0) is 67.4 Å². The van der Waals surface area contributed by atoms with Gasteiger partial charge in [0.15, 0.2) is 11.5 Å². The van der Waals surface area contributed by atoms with E-state index in [9.17, 15) is 0 Å². The summed E-state index contributed by atoms with van der Waals surface area (Å²) < 4.78 is 19.7. The van der Waals surface area contributed by atoms with E-state index in [0.29, 0.717) is 29.7 Å². The Hall–Kier alpha value is -3.44. The number of aromatic nitrogens is 2. The number of para-hydroxylation sites is 2. The van der Waals surface area contributed by atoms with Crippen LogP contribution in [-0.2, 0) is 13.2 Å². The maximum absolute atomic E-state index is 6.13. The summed E-state index contributed by atoms with van der Waals surface area (Å²) in [5, 5.41) is 0.699. The average Bonchev–Trinajstić information content (AvgIpc) is 3.19. The predicted molar refractivity (Wildman–Crippen MR) is 133 cm³/mol. The fraction of sp³-hybridized carbons (Fsp3) is 0.222.